The van der Waals surface area contributed by atoms with Gasteiger partial charge in [-0.3, -0.25) is 0 Å². The van der Waals surface area contributed by atoms with Gasteiger partial charge in [0.05, 0.1) is 0 Å². The molecular weight excluding hydrogens is 225 g/mol. The summed E-state index contributed by atoms with van der Waals surface area (Å²) in [5.74, 6) is 0.0414. The maximum Gasteiger partial charge on any atom is 0.113 e. The zero-order chi connectivity index (χ0) is 11.6. The highest BCUT2D eigenvalue weighted by molar-refractivity contribution is 6.30. The van der Waals surface area contributed by atoms with Gasteiger partial charge in [0, 0.05) is 17.5 Å². The molecule has 1 aromatic carbocycles. The van der Waals surface area contributed by atoms with Gasteiger partial charge in [-0.15, -0.1) is 0 Å². The molecule has 2 rings (SSSR count). The summed E-state index contributed by atoms with van der Waals surface area (Å²) < 4.78 is 14.2. The summed E-state index contributed by atoms with van der Waals surface area (Å²) in [6.45, 7) is 3.24. The van der Waals surface area contributed by atoms with E-state index in [1.54, 1.807) is 6.92 Å². The van der Waals surface area contributed by atoms with Crippen LogP contribution in [-0.2, 0) is 6.42 Å². The van der Waals surface area contributed by atoms with Gasteiger partial charge < -0.3 is 5.32 Å². The summed E-state index contributed by atoms with van der Waals surface area (Å²) >= 11 is 5.92. The summed E-state index contributed by atoms with van der Waals surface area (Å²) in [5, 5.41) is 3.98. The Morgan fingerprint density at radius 3 is 3.06 bits per heavy atom. The van der Waals surface area contributed by atoms with Crippen LogP contribution in [0.3, 0.4) is 0 Å². The Kier molecular flexibility index (Phi) is 3.50. The van der Waals surface area contributed by atoms with E-state index >= 15 is 0 Å². The summed E-state index contributed by atoms with van der Waals surface area (Å²) in [4.78, 5) is 0. The predicted molar refractivity (Wildman–Crippen MR) is 65.6 cm³/mol. The Bertz CT molecular complexity index is 365. The van der Waals surface area contributed by atoms with Crippen LogP contribution in [0.15, 0.2) is 24.3 Å². The number of hydrogen-bond donors (Lipinski definition) is 1. The minimum absolute atomic E-state index is 0.0414. The molecule has 1 N–H and O–H groups in total. The Morgan fingerprint density at radius 2 is 2.38 bits per heavy atom. The van der Waals surface area contributed by atoms with Crippen molar-refractivity contribution < 1.29 is 4.39 Å². The maximum atomic E-state index is 14.2. The van der Waals surface area contributed by atoms with E-state index in [-0.39, 0.29) is 5.92 Å². The number of benzene rings is 1. The second-order valence-electron chi connectivity index (χ2n) is 4.76. The fourth-order valence-corrected chi connectivity index (χ4v) is 2.47. The predicted octanol–water partition coefficient (Wildman–Crippen LogP) is 3.22. The molecule has 0 aromatic heterocycles. The number of hydrogen-bond acceptors (Lipinski definition) is 1. The van der Waals surface area contributed by atoms with E-state index in [1.165, 1.54) is 0 Å². The molecule has 1 heterocycles. The van der Waals surface area contributed by atoms with Gasteiger partial charge in [-0.05, 0) is 44.0 Å². The molecular formula is C13H17ClFN. The first-order chi connectivity index (χ1) is 7.58. The van der Waals surface area contributed by atoms with Gasteiger partial charge in [-0.1, -0.05) is 23.7 Å². The van der Waals surface area contributed by atoms with Crippen LogP contribution in [0.1, 0.15) is 18.9 Å². The molecule has 0 spiro atoms. The van der Waals surface area contributed by atoms with Gasteiger partial charge in [0.15, 0.2) is 0 Å². The van der Waals surface area contributed by atoms with Crippen LogP contribution in [-0.4, -0.2) is 18.8 Å². The van der Waals surface area contributed by atoms with Crippen molar-refractivity contribution >= 4 is 11.6 Å². The number of rotatable bonds is 2. The van der Waals surface area contributed by atoms with Gasteiger partial charge in [0.2, 0.25) is 0 Å². The largest absolute Gasteiger partial charge is 0.316 e. The minimum atomic E-state index is -1.06. The van der Waals surface area contributed by atoms with Crippen molar-refractivity contribution in [2.45, 2.75) is 25.4 Å². The molecule has 0 saturated carbocycles. The second kappa shape index (κ2) is 4.72. The molecule has 1 fully saturated rings. The van der Waals surface area contributed by atoms with Crippen molar-refractivity contribution in [1.82, 2.24) is 5.32 Å². The molecule has 1 aliphatic rings. The Balaban J connectivity index is 2.08. The molecule has 1 saturated heterocycles. The molecule has 1 aliphatic heterocycles. The topological polar surface area (TPSA) is 12.0 Å². The molecule has 1 aromatic rings. The van der Waals surface area contributed by atoms with Crippen molar-refractivity contribution in [3.8, 4) is 0 Å². The van der Waals surface area contributed by atoms with Gasteiger partial charge in [-0.25, -0.2) is 4.39 Å². The lowest BCUT2D eigenvalue weighted by molar-refractivity contribution is 0.0676. The second-order valence-corrected chi connectivity index (χ2v) is 5.20. The fraction of sp³-hybridized carbons (Fsp3) is 0.538. The normalized spacial score (nSPS) is 30.3. The highest BCUT2D eigenvalue weighted by Gasteiger charge is 2.36. The van der Waals surface area contributed by atoms with Crippen LogP contribution in [0.2, 0.25) is 5.02 Å². The molecule has 0 bridgehead atoms. The summed E-state index contributed by atoms with van der Waals surface area (Å²) in [6.07, 6.45) is 1.35. The van der Waals surface area contributed by atoms with Crippen LogP contribution in [0.25, 0.3) is 0 Å². The first kappa shape index (κ1) is 11.9. The quantitative estimate of drug-likeness (QED) is 0.839. The summed E-state index contributed by atoms with van der Waals surface area (Å²) in [5.41, 5.74) is 0.0539. The van der Waals surface area contributed by atoms with E-state index < -0.39 is 5.67 Å². The first-order valence-electron chi connectivity index (χ1n) is 5.72. The molecule has 2 atom stereocenters. The van der Waals surface area contributed by atoms with Gasteiger partial charge in [-0.2, -0.15) is 0 Å². The molecule has 88 valence electrons. The van der Waals surface area contributed by atoms with Crippen LogP contribution in [0.5, 0.6) is 0 Å². The molecule has 2 unspecified atom stereocenters. The van der Waals surface area contributed by atoms with E-state index in [1.807, 2.05) is 24.3 Å². The Morgan fingerprint density at radius 1 is 1.56 bits per heavy atom. The molecule has 16 heavy (non-hydrogen) atoms. The van der Waals surface area contributed by atoms with Crippen LogP contribution in [0, 0.1) is 5.92 Å². The van der Waals surface area contributed by atoms with Crippen molar-refractivity contribution in [2.75, 3.05) is 13.1 Å². The maximum absolute atomic E-state index is 14.2. The number of alkyl halides is 1. The highest BCUT2D eigenvalue weighted by atomic mass is 35.5. The molecule has 0 aliphatic carbocycles. The molecule has 0 radical (unpaired) electrons. The third kappa shape index (κ3) is 2.74. The standard InChI is InChI=1S/C13H17ClFN/c1-13(15)5-6-16-9-11(13)7-10-3-2-4-12(14)8-10/h2-4,8,11,16H,5-7,9H2,1H3. The van der Waals surface area contributed by atoms with Gasteiger partial charge in [0.1, 0.15) is 5.67 Å². The third-order valence-corrected chi connectivity index (χ3v) is 3.64. The average Bonchev–Trinajstić information content (AvgIpc) is 2.21. The Labute approximate surface area is 101 Å². The fourth-order valence-electron chi connectivity index (χ4n) is 2.26. The van der Waals surface area contributed by atoms with Crippen molar-refractivity contribution in [2.24, 2.45) is 5.92 Å². The lowest BCUT2D eigenvalue weighted by Gasteiger charge is -2.35. The van der Waals surface area contributed by atoms with E-state index in [0.29, 0.717) is 6.42 Å². The van der Waals surface area contributed by atoms with Crippen molar-refractivity contribution in [1.29, 1.82) is 0 Å². The minimum Gasteiger partial charge on any atom is -0.316 e. The van der Waals surface area contributed by atoms with E-state index in [2.05, 4.69) is 5.32 Å². The van der Waals surface area contributed by atoms with Crippen LogP contribution in [0.4, 0.5) is 4.39 Å². The lowest BCUT2D eigenvalue weighted by Crippen LogP contribution is -2.46. The number of halogens is 2. The zero-order valence-electron chi connectivity index (χ0n) is 9.47. The Hall–Kier alpha value is -0.600. The van der Waals surface area contributed by atoms with Crippen LogP contribution < -0.4 is 5.32 Å². The monoisotopic (exact) mass is 241 g/mol. The zero-order valence-corrected chi connectivity index (χ0v) is 10.2. The molecule has 3 heteroatoms. The van der Waals surface area contributed by atoms with Gasteiger partial charge >= 0.3 is 0 Å². The number of piperidine rings is 1. The SMILES string of the molecule is CC1(F)CCNCC1Cc1cccc(Cl)c1. The van der Waals surface area contributed by atoms with Gasteiger partial charge in [0.25, 0.3) is 0 Å². The third-order valence-electron chi connectivity index (χ3n) is 3.40. The van der Waals surface area contributed by atoms with E-state index in [0.717, 1.165) is 30.1 Å². The summed E-state index contributed by atoms with van der Waals surface area (Å²) in [6, 6.07) is 7.70. The van der Waals surface area contributed by atoms with Crippen LogP contribution >= 0.6 is 11.6 Å². The van der Waals surface area contributed by atoms with E-state index in [4.69, 9.17) is 11.6 Å². The number of nitrogens with one attached hydrogen (secondary N) is 1. The first-order valence-corrected chi connectivity index (χ1v) is 6.10. The summed E-state index contributed by atoms with van der Waals surface area (Å²) in [7, 11) is 0. The molecule has 0 amide bonds. The van der Waals surface area contributed by atoms with Crippen molar-refractivity contribution in [3.63, 3.8) is 0 Å². The average molecular weight is 242 g/mol. The smallest absolute Gasteiger partial charge is 0.113 e. The highest BCUT2D eigenvalue weighted by Crippen LogP contribution is 2.31. The molecule has 1 nitrogen and oxygen atoms in total. The lowest BCUT2D eigenvalue weighted by atomic mass is 9.81. The van der Waals surface area contributed by atoms with Crippen molar-refractivity contribution in [3.05, 3.63) is 34.9 Å². The van der Waals surface area contributed by atoms with E-state index in [9.17, 15) is 4.39 Å².